The molecule has 1 aliphatic heterocycles. The molecule has 0 spiro atoms. The van der Waals surface area contributed by atoms with Gasteiger partial charge in [-0.3, -0.25) is 0 Å². The number of aromatic nitrogens is 2. The van der Waals surface area contributed by atoms with E-state index in [1.165, 1.54) is 5.56 Å². The minimum atomic E-state index is -3.23. The molecule has 1 fully saturated rings. The van der Waals surface area contributed by atoms with Crippen LogP contribution in [0.25, 0.3) is 11.0 Å². The van der Waals surface area contributed by atoms with E-state index in [-0.39, 0.29) is 17.8 Å². The number of hydrogen-bond donors (Lipinski definition) is 1. The van der Waals surface area contributed by atoms with Gasteiger partial charge in [0.15, 0.2) is 9.84 Å². The number of imidazole rings is 1. The highest BCUT2D eigenvalue weighted by Gasteiger charge is 2.27. The van der Waals surface area contributed by atoms with Gasteiger partial charge < -0.3 is 9.72 Å². The number of hydrogen-bond acceptors (Lipinski definition) is 4. The molecule has 27 heavy (non-hydrogen) atoms. The van der Waals surface area contributed by atoms with Crippen LogP contribution >= 0.6 is 0 Å². The average Bonchev–Trinajstić information content (AvgIpc) is 3.12. The van der Waals surface area contributed by atoms with Crippen molar-refractivity contribution < 1.29 is 13.2 Å². The normalized spacial score (nSPS) is 20.8. The third-order valence-electron chi connectivity index (χ3n) is 5.15. The van der Waals surface area contributed by atoms with Crippen LogP contribution in [0.3, 0.4) is 0 Å². The van der Waals surface area contributed by atoms with Gasteiger partial charge >= 0.3 is 0 Å². The van der Waals surface area contributed by atoms with E-state index < -0.39 is 9.84 Å². The number of H-pyrrole nitrogens is 1. The van der Waals surface area contributed by atoms with Gasteiger partial charge in [0.1, 0.15) is 5.82 Å². The monoisotopic (exact) mass is 384 g/mol. The van der Waals surface area contributed by atoms with Gasteiger partial charge in [0.2, 0.25) is 0 Å². The Bertz CT molecular complexity index is 1030. The zero-order valence-electron chi connectivity index (χ0n) is 15.4. The van der Waals surface area contributed by atoms with Gasteiger partial charge in [-0.15, -0.1) is 0 Å². The Hall–Kier alpha value is -2.18. The molecule has 0 saturated carbocycles. The third-order valence-corrected chi connectivity index (χ3v) is 7.06. The van der Waals surface area contributed by atoms with Crippen LogP contribution in [0.4, 0.5) is 0 Å². The minimum Gasteiger partial charge on any atom is -0.373 e. The van der Waals surface area contributed by atoms with E-state index in [0.717, 1.165) is 29.7 Å². The van der Waals surface area contributed by atoms with Crippen molar-refractivity contribution in [1.29, 1.82) is 0 Å². The number of ether oxygens (including phenoxy) is 1. The molecule has 0 radical (unpaired) electrons. The molecule has 2 aromatic carbocycles. The maximum atomic E-state index is 12.3. The summed E-state index contributed by atoms with van der Waals surface area (Å²) >= 11 is 0. The summed E-state index contributed by atoms with van der Waals surface area (Å²) in [5.74, 6) is 1.35. The first-order valence-corrected chi connectivity index (χ1v) is 11.1. The van der Waals surface area contributed by atoms with Crippen LogP contribution in [0.2, 0.25) is 0 Å². The standard InChI is InChI=1S/C21H24N2O3S/c1-2-12-27(24,25)17-8-9-18-19(14-17)23-21(22-18)16-10-11-26-20(13-16)15-6-4-3-5-7-15/h3-9,14,16,20H,2,10-13H2,1H3,(H,22,23). The molecule has 6 heteroatoms. The van der Waals surface area contributed by atoms with Crippen LogP contribution in [0.5, 0.6) is 0 Å². The Kier molecular flexibility index (Phi) is 5.02. The van der Waals surface area contributed by atoms with E-state index in [1.807, 2.05) is 25.1 Å². The highest BCUT2D eigenvalue weighted by Crippen LogP contribution is 2.37. The lowest BCUT2D eigenvalue weighted by atomic mass is 9.91. The van der Waals surface area contributed by atoms with E-state index in [2.05, 4.69) is 17.1 Å². The van der Waals surface area contributed by atoms with Crippen molar-refractivity contribution >= 4 is 20.9 Å². The van der Waals surface area contributed by atoms with Gasteiger partial charge in [0.05, 0.1) is 27.8 Å². The largest absolute Gasteiger partial charge is 0.373 e. The van der Waals surface area contributed by atoms with Crippen molar-refractivity contribution in [2.75, 3.05) is 12.4 Å². The molecule has 0 bridgehead atoms. The van der Waals surface area contributed by atoms with Gasteiger partial charge in [-0.1, -0.05) is 37.3 Å². The number of aromatic amines is 1. The first-order valence-electron chi connectivity index (χ1n) is 9.46. The molecule has 1 aromatic heterocycles. The predicted octanol–water partition coefficient (Wildman–Crippen LogP) is 4.38. The maximum Gasteiger partial charge on any atom is 0.178 e. The summed E-state index contributed by atoms with van der Waals surface area (Å²) in [6.45, 7) is 2.57. The van der Waals surface area contributed by atoms with E-state index in [1.54, 1.807) is 18.2 Å². The van der Waals surface area contributed by atoms with E-state index in [0.29, 0.717) is 17.9 Å². The molecule has 0 aliphatic carbocycles. The van der Waals surface area contributed by atoms with Gasteiger partial charge in [-0.2, -0.15) is 0 Å². The molecule has 2 atom stereocenters. The van der Waals surface area contributed by atoms with Crippen molar-refractivity contribution in [2.45, 2.75) is 43.1 Å². The van der Waals surface area contributed by atoms with Crippen LogP contribution in [0.1, 0.15) is 49.6 Å². The number of nitrogens with zero attached hydrogens (tertiary/aromatic N) is 1. The van der Waals surface area contributed by atoms with Gasteiger partial charge in [0.25, 0.3) is 0 Å². The van der Waals surface area contributed by atoms with Crippen molar-refractivity contribution in [3.05, 3.63) is 59.9 Å². The fourth-order valence-corrected chi connectivity index (χ4v) is 5.07. The summed E-state index contributed by atoms with van der Waals surface area (Å²) in [6, 6.07) is 15.4. The molecule has 1 saturated heterocycles. The second-order valence-electron chi connectivity index (χ2n) is 7.11. The third kappa shape index (κ3) is 3.77. The van der Waals surface area contributed by atoms with E-state index >= 15 is 0 Å². The molecule has 2 heterocycles. The highest BCUT2D eigenvalue weighted by atomic mass is 32.2. The maximum absolute atomic E-state index is 12.3. The minimum absolute atomic E-state index is 0.0682. The van der Waals surface area contributed by atoms with E-state index in [4.69, 9.17) is 9.72 Å². The number of fused-ring (bicyclic) bond motifs is 1. The van der Waals surface area contributed by atoms with Gasteiger partial charge in [-0.25, -0.2) is 13.4 Å². The summed E-state index contributed by atoms with van der Waals surface area (Å²) in [5, 5.41) is 0. The smallest absolute Gasteiger partial charge is 0.178 e. The number of sulfone groups is 1. The molecule has 4 rings (SSSR count). The molecule has 2 unspecified atom stereocenters. The van der Waals surface area contributed by atoms with Crippen LogP contribution in [0, 0.1) is 0 Å². The Morgan fingerprint density at radius 2 is 2.00 bits per heavy atom. The molecular formula is C21H24N2O3S. The molecule has 1 N–H and O–H groups in total. The van der Waals surface area contributed by atoms with Crippen LogP contribution in [-0.4, -0.2) is 30.7 Å². The zero-order chi connectivity index (χ0) is 18.9. The summed E-state index contributed by atoms with van der Waals surface area (Å²) in [5.41, 5.74) is 2.78. The Balaban J connectivity index is 1.60. The quantitative estimate of drug-likeness (QED) is 0.708. The van der Waals surface area contributed by atoms with Crippen molar-refractivity contribution in [1.82, 2.24) is 9.97 Å². The lowest BCUT2D eigenvalue weighted by Crippen LogP contribution is -2.19. The Morgan fingerprint density at radius 1 is 1.19 bits per heavy atom. The van der Waals surface area contributed by atoms with Gasteiger partial charge in [0, 0.05) is 12.5 Å². The SMILES string of the molecule is CCCS(=O)(=O)c1ccc2nc(C3CCOC(c4ccccc4)C3)[nH]c2c1. The molecule has 5 nitrogen and oxygen atoms in total. The van der Waals surface area contributed by atoms with Crippen LogP contribution < -0.4 is 0 Å². The second-order valence-corrected chi connectivity index (χ2v) is 9.22. The molecule has 0 amide bonds. The summed E-state index contributed by atoms with van der Waals surface area (Å²) in [7, 11) is -3.23. The first-order chi connectivity index (χ1) is 13.1. The van der Waals surface area contributed by atoms with Gasteiger partial charge in [-0.05, 0) is 43.0 Å². The summed E-state index contributed by atoms with van der Waals surface area (Å²) in [6.07, 6.45) is 2.45. The molecule has 142 valence electrons. The van der Waals surface area contributed by atoms with Crippen LogP contribution in [-0.2, 0) is 14.6 Å². The molecule has 1 aliphatic rings. The first kappa shape index (κ1) is 18.2. The van der Waals surface area contributed by atoms with Crippen molar-refractivity contribution in [3.8, 4) is 0 Å². The number of nitrogens with one attached hydrogen (secondary N) is 1. The van der Waals surface area contributed by atoms with Crippen LogP contribution in [0.15, 0.2) is 53.4 Å². The lowest BCUT2D eigenvalue weighted by molar-refractivity contribution is 0.00412. The predicted molar refractivity (Wildman–Crippen MR) is 106 cm³/mol. The number of rotatable bonds is 5. The highest BCUT2D eigenvalue weighted by molar-refractivity contribution is 7.91. The van der Waals surface area contributed by atoms with Crippen molar-refractivity contribution in [3.63, 3.8) is 0 Å². The topological polar surface area (TPSA) is 72.1 Å². The number of benzene rings is 2. The lowest BCUT2D eigenvalue weighted by Gasteiger charge is -2.28. The van der Waals surface area contributed by atoms with Crippen molar-refractivity contribution in [2.24, 2.45) is 0 Å². The summed E-state index contributed by atoms with van der Waals surface area (Å²) < 4.78 is 30.6. The summed E-state index contributed by atoms with van der Waals surface area (Å²) in [4.78, 5) is 8.45. The Morgan fingerprint density at radius 3 is 2.78 bits per heavy atom. The fraction of sp³-hybridized carbons (Fsp3) is 0.381. The van der Waals surface area contributed by atoms with E-state index in [9.17, 15) is 8.42 Å². The Labute approximate surface area is 159 Å². The molecule has 3 aromatic rings. The fourth-order valence-electron chi connectivity index (χ4n) is 3.73. The second kappa shape index (κ2) is 7.44. The average molecular weight is 385 g/mol. The zero-order valence-corrected chi connectivity index (χ0v) is 16.2. The molecular weight excluding hydrogens is 360 g/mol.